The van der Waals surface area contributed by atoms with Crippen LogP contribution in [-0.2, 0) is 4.79 Å². The van der Waals surface area contributed by atoms with Gasteiger partial charge in [-0.25, -0.2) is 9.97 Å². The van der Waals surface area contributed by atoms with E-state index in [1.165, 1.54) is 0 Å². The SMILES string of the molecule is CCNc1cc(N2CCN(C(=O)COc3cccc(C)c3)CC2)nc(C)n1. The fourth-order valence-electron chi connectivity index (χ4n) is 3.11. The van der Waals surface area contributed by atoms with Crippen LogP contribution in [0.1, 0.15) is 18.3 Å². The molecule has 3 rings (SSSR count). The third-order valence-electron chi connectivity index (χ3n) is 4.49. The molecule has 144 valence electrons. The summed E-state index contributed by atoms with van der Waals surface area (Å²) in [6.45, 7) is 9.65. The molecule has 0 spiro atoms. The summed E-state index contributed by atoms with van der Waals surface area (Å²) in [6.07, 6.45) is 0. The van der Waals surface area contributed by atoms with Crippen molar-refractivity contribution in [3.63, 3.8) is 0 Å². The third-order valence-corrected chi connectivity index (χ3v) is 4.49. The van der Waals surface area contributed by atoms with Gasteiger partial charge in [-0.15, -0.1) is 0 Å². The van der Waals surface area contributed by atoms with Crippen LogP contribution in [-0.4, -0.2) is 60.1 Å². The lowest BCUT2D eigenvalue weighted by molar-refractivity contribution is -0.133. The lowest BCUT2D eigenvalue weighted by atomic mass is 10.2. The number of hydrogen-bond donors (Lipinski definition) is 1. The van der Waals surface area contributed by atoms with E-state index in [-0.39, 0.29) is 12.5 Å². The van der Waals surface area contributed by atoms with Crippen LogP contribution in [0.15, 0.2) is 30.3 Å². The van der Waals surface area contributed by atoms with Crippen LogP contribution in [0.5, 0.6) is 5.75 Å². The van der Waals surface area contributed by atoms with Crippen LogP contribution in [0.4, 0.5) is 11.6 Å². The van der Waals surface area contributed by atoms with Gasteiger partial charge in [-0.2, -0.15) is 0 Å². The molecule has 1 aromatic carbocycles. The third kappa shape index (κ3) is 5.09. The number of benzene rings is 1. The predicted molar refractivity (Wildman–Crippen MR) is 106 cm³/mol. The highest BCUT2D eigenvalue weighted by molar-refractivity contribution is 5.78. The maximum Gasteiger partial charge on any atom is 0.260 e. The molecule has 1 aliphatic rings. The molecule has 2 aromatic rings. The molecule has 0 unspecified atom stereocenters. The molecule has 0 radical (unpaired) electrons. The van der Waals surface area contributed by atoms with Crippen molar-refractivity contribution in [3.05, 3.63) is 41.7 Å². The summed E-state index contributed by atoms with van der Waals surface area (Å²) in [7, 11) is 0. The first-order valence-corrected chi connectivity index (χ1v) is 9.37. The zero-order chi connectivity index (χ0) is 19.2. The van der Waals surface area contributed by atoms with E-state index in [1.54, 1.807) is 0 Å². The van der Waals surface area contributed by atoms with E-state index < -0.39 is 0 Å². The number of carbonyl (C=O) groups excluding carboxylic acids is 1. The van der Waals surface area contributed by atoms with E-state index in [4.69, 9.17) is 4.74 Å². The number of nitrogens with one attached hydrogen (secondary N) is 1. The second-order valence-electron chi connectivity index (χ2n) is 6.66. The fourth-order valence-corrected chi connectivity index (χ4v) is 3.11. The van der Waals surface area contributed by atoms with Crippen LogP contribution >= 0.6 is 0 Å². The Bertz CT molecular complexity index is 788. The van der Waals surface area contributed by atoms with Crippen molar-refractivity contribution >= 4 is 17.5 Å². The van der Waals surface area contributed by atoms with Crippen molar-refractivity contribution in [3.8, 4) is 5.75 Å². The molecule has 2 heterocycles. The minimum atomic E-state index is 0.0170. The number of carbonyl (C=O) groups is 1. The average molecular weight is 369 g/mol. The van der Waals surface area contributed by atoms with Crippen LogP contribution < -0.4 is 15.0 Å². The number of nitrogens with zero attached hydrogens (tertiary/aromatic N) is 4. The first kappa shape index (κ1) is 18.9. The second kappa shape index (κ2) is 8.70. The van der Waals surface area contributed by atoms with E-state index in [1.807, 2.05) is 56.0 Å². The van der Waals surface area contributed by atoms with Crippen molar-refractivity contribution in [2.75, 3.05) is 49.5 Å². The van der Waals surface area contributed by atoms with Crippen molar-refractivity contribution in [2.24, 2.45) is 0 Å². The normalized spacial score (nSPS) is 14.2. The molecule has 1 amide bonds. The highest BCUT2D eigenvalue weighted by atomic mass is 16.5. The van der Waals surface area contributed by atoms with Gasteiger partial charge >= 0.3 is 0 Å². The number of aryl methyl sites for hydroxylation is 2. The van der Waals surface area contributed by atoms with Gasteiger partial charge < -0.3 is 19.9 Å². The minimum absolute atomic E-state index is 0.0170. The molecule has 7 nitrogen and oxygen atoms in total. The zero-order valence-electron chi connectivity index (χ0n) is 16.2. The fraction of sp³-hybridized carbons (Fsp3) is 0.450. The Morgan fingerprint density at radius 2 is 1.93 bits per heavy atom. The molecule has 0 bridgehead atoms. The topological polar surface area (TPSA) is 70.6 Å². The summed E-state index contributed by atoms with van der Waals surface area (Å²) in [5, 5.41) is 3.23. The standard InChI is InChI=1S/C20H27N5O2/c1-4-21-18-13-19(23-16(3)22-18)24-8-10-25(11-9-24)20(26)14-27-17-7-5-6-15(2)12-17/h5-7,12-13H,4,8-11,14H2,1-3H3,(H,21,22,23). The predicted octanol–water partition coefficient (Wildman–Crippen LogP) is 2.25. The molecular weight excluding hydrogens is 342 g/mol. The van der Waals surface area contributed by atoms with Crippen molar-refractivity contribution in [1.82, 2.24) is 14.9 Å². The van der Waals surface area contributed by atoms with E-state index in [0.717, 1.165) is 48.4 Å². The summed E-state index contributed by atoms with van der Waals surface area (Å²) in [5.74, 6) is 3.23. The van der Waals surface area contributed by atoms with Gasteiger partial charge in [0, 0.05) is 38.8 Å². The monoisotopic (exact) mass is 369 g/mol. The Kier molecular flexibility index (Phi) is 6.11. The number of piperazine rings is 1. The van der Waals surface area contributed by atoms with Crippen LogP contribution in [0.2, 0.25) is 0 Å². The van der Waals surface area contributed by atoms with E-state index >= 15 is 0 Å². The average Bonchev–Trinajstić information content (AvgIpc) is 2.66. The number of anilines is 2. The summed E-state index contributed by atoms with van der Waals surface area (Å²) >= 11 is 0. The van der Waals surface area contributed by atoms with E-state index in [2.05, 4.69) is 20.2 Å². The Balaban J connectivity index is 1.53. The number of aromatic nitrogens is 2. The molecular formula is C20H27N5O2. The van der Waals surface area contributed by atoms with Crippen molar-refractivity contribution in [1.29, 1.82) is 0 Å². The lowest BCUT2D eigenvalue weighted by Crippen LogP contribution is -2.50. The lowest BCUT2D eigenvalue weighted by Gasteiger charge is -2.35. The van der Waals surface area contributed by atoms with Crippen LogP contribution in [0.25, 0.3) is 0 Å². The summed E-state index contributed by atoms with van der Waals surface area (Å²) in [4.78, 5) is 25.4. The molecule has 1 saturated heterocycles. The Morgan fingerprint density at radius 3 is 2.63 bits per heavy atom. The number of rotatable bonds is 6. The molecule has 0 aliphatic carbocycles. The van der Waals surface area contributed by atoms with Gasteiger partial charge in [-0.1, -0.05) is 12.1 Å². The second-order valence-corrected chi connectivity index (χ2v) is 6.66. The van der Waals surface area contributed by atoms with Gasteiger partial charge in [0.1, 0.15) is 23.2 Å². The Morgan fingerprint density at radius 1 is 1.15 bits per heavy atom. The molecule has 7 heteroatoms. The summed E-state index contributed by atoms with van der Waals surface area (Å²) < 4.78 is 5.64. The van der Waals surface area contributed by atoms with Gasteiger partial charge in [0.05, 0.1) is 0 Å². The number of hydrogen-bond acceptors (Lipinski definition) is 6. The molecule has 1 aliphatic heterocycles. The van der Waals surface area contributed by atoms with Crippen molar-refractivity contribution in [2.45, 2.75) is 20.8 Å². The highest BCUT2D eigenvalue weighted by Gasteiger charge is 2.22. The van der Waals surface area contributed by atoms with E-state index in [0.29, 0.717) is 13.1 Å². The number of ether oxygens (including phenoxy) is 1. The summed E-state index contributed by atoms with van der Waals surface area (Å²) in [5.41, 5.74) is 1.12. The summed E-state index contributed by atoms with van der Waals surface area (Å²) in [6, 6.07) is 9.71. The Labute approximate surface area is 160 Å². The van der Waals surface area contributed by atoms with Crippen LogP contribution in [0, 0.1) is 13.8 Å². The highest BCUT2D eigenvalue weighted by Crippen LogP contribution is 2.18. The van der Waals surface area contributed by atoms with Crippen LogP contribution in [0.3, 0.4) is 0 Å². The molecule has 1 fully saturated rings. The van der Waals surface area contributed by atoms with Gasteiger partial charge in [0.2, 0.25) is 0 Å². The largest absolute Gasteiger partial charge is 0.484 e. The first-order chi connectivity index (χ1) is 13.0. The smallest absolute Gasteiger partial charge is 0.260 e. The minimum Gasteiger partial charge on any atom is -0.484 e. The van der Waals surface area contributed by atoms with Gasteiger partial charge in [-0.05, 0) is 38.5 Å². The molecule has 1 aromatic heterocycles. The molecule has 0 atom stereocenters. The van der Waals surface area contributed by atoms with E-state index in [9.17, 15) is 4.79 Å². The van der Waals surface area contributed by atoms with Gasteiger partial charge in [0.15, 0.2) is 6.61 Å². The molecule has 27 heavy (non-hydrogen) atoms. The zero-order valence-corrected chi connectivity index (χ0v) is 16.2. The maximum absolute atomic E-state index is 12.4. The quantitative estimate of drug-likeness (QED) is 0.842. The molecule has 1 N–H and O–H groups in total. The number of amides is 1. The first-order valence-electron chi connectivity index (χ1n) is 9.37. The molecule has 0 saturated carbocycles. The Hall–Kier alpha value is -2.83. The van der Waals surface area contributed by atoms with Gasteiger partial charge in [-0.3, -0.25) is 4.79 Å². The maximum atomic E-state index is 12.4. The van der Waals surface area contributed by atoms with Crippen molar-refractivity contribution < 1.29 is 9.53 Å². The van der Waals surface area contributed by atoms with Gasteiger partial charge in [0.25, 0.3) is 5.91 Å².